The second-order valence-electron chi connectivity index (χ2n) is 8.64. The minimum Gasteiger partial charge on any atom is -0.312 e. The van der Waals surface area contributed by atoms with Gasteiger partial charge in [-0.25, -0.2) is 12.8 Å². The summed E-state index contributed by atoms with van der Waals surface area (Å²) in [5.74, 6) is 0.596. The summed E-state index contributed by atoms with van der Waals surface area (Å²) in [5, 5.41) is 14.0. The van der Waals surface area contributed by atoms with Crippen molar-refractivity contribution >= 4 is 15.7 Å². The van der Waals surface area contributed by atoms with Gasteiger partial charge in [-0.3, -0.25) is 4.72 Å². The number of nitrogens with one attached hydrogen (secondary N) is 2. The molecule has 1 aromatic heterocycles. The predicted octanol–water partition coefficient (Wildman–Crippen LogP) is 3.91. The summed E-state index contributed by atoms with van der Waals surface area (Å²) in [7, 11) is -3.98. The van der Waals surface area contributed by atoms with Gasteiger partial charge in [0.05, 0.1) is 10.6 Å². The lowest BCUT2D eigenvalue weighted by Gasteiger charge is -2.28. The Morgan fingerprint density at radius 2 is 1.94 bits per heavy atom. The lowest BCUT2D eigenvalue weighted by Crippen LogP contribution is -2.27. The van der Waals surface area contributed by atoms with Crippen LogP contribution in [0.4, 0.5) is 10.1 Å². The van der Waals surface area contributed by atoms with E-state index in [2.05, 4.69) is 32.5 Å². The smallest absolute Gasteiger partial charge is 0.262 e. The van der Waals surface area contributed by atoms with E-state index in [0.29, 0.717) is 18.2 Å². The number of hydrogen-bond donors (Lipinski definition) is 2. The summed E-state index contributed by atoms with van der Waals surface area (Å²) in [6, 6.07) is 10.9. The summed E-state index contributed by atoms with van der Waals surface area (Å²) in [6.45, 7) is 3.71. The van der Waals surface area contributed by atoms with Crippen LogP contribution in [0, 0.1) is 17.7 Å². The molecule has 1 saturated carbocycles. The lowest BCUT2D eigenvalue weighted by atomic mass is 9.81. The highest BCUT2D eigenvalue weighted by Gasteiger charge is 2.21. The van der Waals surface area contributed by atoms with Crippen molar-refractivity contribution in [2.24, 2.45) is 11.8 Å². The molecule has 3 aromatic rings. The maximum absolute atomic E-state index is 14.5. The van der Waals surface area contributed by atoms with E-state index in [1.165, 1.54) is 50.6 Å². The fourth-order valence-corrected chi connectivity index (χ4v) is 5.51. The maximum Gasteiger partial charge on any atom is 0.262 e. The van der Waals surface area contributed by atoms with Crippen molar-refractivity contribution in [2.45, 2.75) is 50.5 Å². The molecule has 0 saturated heterocycles. The third kappa shape index (κ3) is 5.75. The third-order valence-corrected chi connectivity index (χ3v) is 7.69. The summed E-state index contributed by atoms with van der Waals surface area (Å²) in [4.78, 5) is -0.175. The highest BCUT2D eigenvalue weighted by molar-refractivity contribution is 7.92. The molecule has 2 N–H and O–H groups in total. The molecule has 4 rings (SSSR count). The van der Waals surface area contributed by atoms with Crippen molar-refractivity contribution in [3.8, 4) is 5.69 Å². The number of sulfonamides is 1. The van der Waals surface area contributed by atoms with Crippen molar-refractivity contribution in [1.82, 2.24) is 25.5 Å². The Morgan fingerprint density at radius 3 is 2.67 bits per heavy atom. The minimum atomic E-state index is -3.98. The molecule has 8 nitrogen and oxygen atoms in total. The largest absolute Gasteiger partial charge is 0.312 e. The number of benzene rings is 2. The molecule has 0 bridgehead atoms. The molecule has 2 aromatic carbocycles. The van der Waals surface area contributed by atoms with Crippen LogP contribution < -0.4 is 10.0 Å². The molecule has 0 radical (unpaired) electrons. The number of hydrogen-bond acceptors (Lipinski definition) is 6. The molecule has 1 fully saturated rings. The van der Waals surface area contributed by atoms with Crippen molar-refractivity contribution in [3.63, 3.8) is 0 Å². The van der Waals surface area contributed by atoms with Gasteiger partial charge >= 0.3 is 0 Å². The van der Waals surface area contributed by atoms with Crippen LogP contribution in [0.5, 0.6) is 0 Å². The molecule has 1 unspecified atom stereocenters. The fourth-order valence-electron chi connectivity index (χ4n) is 4.39. The Bertz CT molecular complexity index is 1160. The van der Waals surface area contributed by atoms with Gasteiger partial charge in [-0.05, 0) is 58.6 Å². The standard InChI is InChI=1S/C23H29FN6O2S/c1-17(18-7-3-2-4-8-18)14-25-15-19-9-5-6-10-22(19)27-33(31,32)20-11-12-23(21(24)13-20)30-16-26-28-29-30/h5-6,9-13,16-18,25,27H,2-4,7-8,14-15H2,1H3. The van der Waals surface area contributed by atoms with Crippen LogP contribution in [-0.2, 0) is 16.6 Å². The van der Waals surface area contributed by atoms with Gasteiger partial charge in [-0.1, -0.05) is 57.2 Å². The van der Waals surface area contributed by atoms with Crippen LogP contribution in [0.1, 0.15) is 44.6 Å². The SMILES string of the molecule is CC(CNCc1ccccc1NS(=O)(=O)c1ccc(-n2cnnn2)c(F)c1)C1CCCCC1. The zero-order valence-electron chi connectivity index (χ0n) is 18.6. The predicted molar refractivity (Wildman–Crippen MR) is 124 cm³/mol. The Morgan fingerprint density at radius 1 is 1.15 bits per heavy atom. The van der Waals surface area contributed by atoms with Gasteiger partial charge in [0.1, 0.15) is 17.8 Å². The molecule has 0 spiro atoms. The number of anilines is 1. The lowest BCUT2D eigenvalue weighted by molar-refractivity contribution is 0.256. The number of aromatic nitrogens is 4. The molecule has 1 aliphatic carbocycles. The molecule has 1 aliphatic rings. The summed E-state index contributed by atoms with van der Waals surface area (Å²) >= 11 is 0. The first-order valence-corrected chi connectivity index (χ1v) is 12.8. The van der Waals surface area contributed by atoms with E-state index in [-0.39, 0.29) is 10.6 Å². The van der Waals surface area contributed by atoms with E-state index < -0.39 is 15.8 Å². The molecule has 0 amide bonds. The Hall–Kier alpha value is -2.85. The van der Waals surface area contributed by atoms with E-state index in [9.17, 15) is 12.8 Å². The molecular formula is C23H29FN6O2S. The fraction of sp³-hybridized carbons (Fsp3) is 0.435. The van der Waals surface area contributed by atoms with Crippen LogP contribution >= 0.6 is 0 Å². The van der Waals surface area contributed by atoms with Gasteiger partial charge in [-0.2, -0.15) is 4.68 Å². The molecule has 10 heteroatoms. The van der Waals surface area contributed by atoms with Crippen molar-refractivity contribution in [3.05, 3.63) is 60.2 Å². The molecular weight excluding hydrogens is 443 g/mol. The van der Waals surface area contributed by atoms with Gasteiger partial charge in [0.15, 0.2) is 0 Å². The van der Waals surface area contributed by atoms with Crippen LogP contribution in [0.2, 0.25) is 0 Å². The first-order chi connectivity index (χ1) is 15.9. The Kier molecular flexibility index (Phi) is 7.34. The van der Waals surface area contributed by atoms with Crippen LogP contribution in [-0.4, -0.2) is 35.2 Å². The molecule has 0 aliphatic heterocycles. The van der Waals surface area contributed by atoms with E-state index >= 15 is 0 Å². The van der Waals surface area contributed by atoms with Gasteiger partial charge in [0, 0.05) is 6.54 Å². The molecule has 1 heterocycles. The van der Waals surface area contributed by atoms with E-state index in [1.807, 2.05) is 12.1 Å². The van der Waals surface area contributed by atoms with Gasteiger partial charge in [0.2, 0.25) is 0 Å². The van der Waals surface area contributed by atoms with E-state index in [4.69, 9.17) is 0 Å². The first kappa shape index (κ1) is 23.3. The highest BCUT2D eigenvalue weighted by atomic mass is 32.2. The van der Waals surface area contributed by atoms with Crippen LogP contribution in [0.15, 0.2) is 53.7 Å². The number of halogens is 1. The minimum absolute atomic E-state index is 0.0654. The normalized spacial score (nSPS) is 15.9. The van der Waals surface area contributed by atoms with Crippen molar-refractivity contribution in [1.29, 1.82) is 0 Å². The zero-order valence-corrected chi connectivity index (χ0v) is 19.4. The molecule has 1 atom stereocenters. The average Bonchev–Trinajstić information content (AvgIpc) is 3.35. The Labute approximate surface area is 193 Å². The number of rotatable bonds is 9. The number of para-hydroxylation sites is 1. The summed E-state index contributed by atoms with van der Waals surface area (Å²) in [6.07, 6.45) is 7.80. The van der Waals surface area contributed by atoms with Gasteiger partial charge < -0.3 is 5.32 Å². The number of nitrogens with zero attached hydrogens (tertiary/aromatic N) is 4. The van der Waals surface area contributed by atoms with Crippen molar-refractivity contribution < 1.29 is 12.8 Å². The monoisotopic (exact) mass is 472 g/mol. The molecule has 33 heavy (non-hydrogen) atoms. The Balaban J connectivity index is 1.43. The topological polar surface area (TPSA) is 102 Å². The van der Waals surface area contributed by atoms with Gasteiger partial charge in [-0.15, -0.1) is 5.10 Å². The van der Waals surface area contributed by atoms with Crippen LogP contribution in [0.3, 0.4) is 0 Å². The second-order valence-corrected chi connectivity index (χ2v) is 10.3. The summed E-state index contributed by atoms with van der Waals surface area (Å²) < 4.78 is 44.2. The number of tetrazole rings is 1. The zero-order chi connectivity index (χ0) is 23.3. The third-order valence-electron chi connectivity index (χ3n) is 6.32. The second kappa shape index (κ2) is 10.4. The quantitative estimate of drug-likeness (QED) is 0.490. The van der Waals surface area contributed by atoms with Crippen molar-refractivity contribution in [2.75, 3.05) is 11.3 Å². The average molecular weight is 473 g/mol. The van der Waals surface area contributed by atoms with E-state index in [0.717, 1.165) is 28.8 Å². The highest BCUT2D eigenvalue weighted by Crippen LogP contribution is 2.29. The van der Waals surface area contributed by atoms with E-state index in [1.54, 1.807) is 12.1 Å². The first-order valence-electron chi connectivity index (χ1n) is 11.3. The maximum atomic E-state index is 14.5. The van der Waals surface area contributed by atoms with Gasteiger partial charge in [0.25, 0.3) is 10.0 Å². The van der Waals surface area contributed by atoms with Crippen LogP contribution in [0.25, 0.3) is 5.69 Å². The summed E-state index contributed by atoms with van der Waals surface area (Å²) in [5.41, 5.74) is 1.37. The molecule has 176 valence electrons.